The second kappa shape index (κ2) is 9.69. The maximum Gasteiger partial charge on any atom is 0.279 e. The Balaban J connectivity index is 1.14. The topological polar surface area (TPSA) is 74.9 Å². The van der Waals surface area contributed by atoms with E-state index in [-0.39, 0.29) is 12.7 Å². The molecule has 2 aromatic carbocycles. The van der Waals surface area contributed by atoms with Crippen molar-refractivity contribution in [1.82, 2.24) is 0 Å². The summed E-state index contributed by atoms with van der Waals surface area (Å²) in [7, 11) is 1.65. The molecule has 2 aliphatic rings. The first-order valence-electron chi connectivity index (χ1n) is 10.3. The Morgan fingerprint density at radius 3 is 2.43 bits per heavy atom. The van der Waals surface area contributed by atoms with Crippen molar-refractivity contribution in [2.24, 2.45) is 0 Å². The highest BCUT2D eigenvalue weighted by atomic mass is 16.7. The number of benzene rings is 2. The lowest BCUT2D eigenvalue weighted by Gasteiger charge is -2.29. The smallest absolute Gasteiger partial charge is 0.279 e. The molecule has 8 nitrogen and oxygen atoms in total. The Morgan fingerprint density at radius 1 is 0.967 bits per heavy atom. The van der Waals surface area contributed by atoms with Crippen molar-refractivity contribution in [3.63, 3.8) is 0 Å². The van der Waals surface area contributed by atoms with Gasteiger partial charge in [0.05, 0.1) is 7.11 Å². The highest BCUT2D eigenvalue weighted by Gasteiger charge is 2.25. The van der Waals surface area contributed by atoms with E-state index in [0.29, 0.717) is 24.7 Å². The molecular weight excluding hydrogens is 386 g/mol. The summed E-state index contributed by atoms with van der Waals surface area (Å²) in [5.74, 6) is 3.10. The number of amides is 1. The van der Waals surface area contributed by atoms with E-state index in [4.69, 9.17) is 18.9 Å². The van der Waals surface area contributed by atoms with Gasteiger partial charge in [0.2, 0.25) is 6.79 Å². The van der Waals surface area contributed by atoms with Gasteiger partial charge >= 0.3 is 0 Å². The van der Waals surface area contributed by atoms with E-state index in [9.17, 15) is 4.79 Å². The molecule has 1 fully saturated rings. The van der Waals surface area contributed by atoms with Gasteiger partial charge in [-0.3, -0.25) is 4.79 Å². The zero-order chi connectivity index (χ0) is 20.8. The Kier molecular flexibility index (Phi) is 6.56. The molecule has 0 saturated carbocycles. The molecule has 2 heterocycles. The predicted molar refractivity (Wildman–Crippen MR) is 111 cm³/mol. The number of carbonyl (C=O) groups is 1. The highest BCUT2D eigenvalue weighted by molar-refractivity contribution is 5.91. The van der Waals surface area contributed by atoms with Crippen molar-refractivity contribution < 1.29 is 33.5 Å². The summed E-state index contributed by atoms with van der Waals surface area (Å²) in [5, 5.41) is 2.96. The number of piperazine rings is 1. The third-order valence-electron chi connectivity index (χ3n) is 5.51. The molecule has 1 saturated heterocycles. The van der Waals surface area contributed by atoms with Crippen LogP contribution in [0.3, 0.4) is 0 Å². The first kappa shape index (κ1) is 20.3. The predicted octanol–water partition coefficient (Wildman–Crippen LogP) is -0.775. The molecule has 160 valence electrons. The minimum atomic E-state index is 0.0233. The second-order valence-electron chi connectivity index (χ2n) is 7.57. The molecule has 0 spiro atoms. The van der Waals surface area contributed by atoms with E-state index in [1.165, 1.54) is 9.80 Å². The van der Waals surface area contributed by atoms with E-state index >= 15 is 0 Å². The van der Waals surface area contributed by atoms with Crippen molar-refractivity contribution in [3.05, 3.63) is 42.5 Å². The fourth-order valence-corrected chi connectivity index (χ4v) is 3.78. The van der Waals surface area contributed by atoms with Crippen molar-refractivity contribution >= 4 is 11.6 Å². The van der Waals surface area contributed by atoms with Crippen LogP contribution in [0.2, 0.25) is 0 Å². The molecule has 4 rings (SSSR count). The molecule has 3 N–H and O–H groups in total. The van der Waals surface area contributed by atoms with E-state index in [1.807, 2.05) is 36.4 Å². The molecule has 2 aromatic rings. The van der Waals surface area contributed by atoms with Gasteiger partial charge in [-0.2, -0.15) is 0 Å². The summed E-state index contributed by atoms with van der Waals surface area (Å²) in [6.07, 6.45) is 0. The van der Waals surface area contributed by atoms with Crippen LogP contribution in [-0.2, 0) is 4.79 Å². The van der Waals surface area contributed by atoms with Crippen LogP contribution in [0, 0.1) is 0 Å². The molecule has 30 heavy (non-hydrogen) atoms. The normalized spacial score (nSPS) is 19.9. The second-order valence-corrected chi connectivity index (χ2v) is 7.57. The summed E-state index contributed by atoms with van der Waals surface area (Å²) in [5.41, 5.74) is 0.739. The zero-order valence-electron chi connectivity index (χ0n) is 17.2. The van der Waals surface area contributed by atoms with Crippen LogP contribution in [0.4, 0.5) is 5.69 Å². The van der Waals surface area contributed by atoms with E-state index in [1.54, 1.807) is 13.2 Å². The maximum absolute atomic E-state index is 12.4. The van der Waals surface area contributed by atoms with Crippen LogP contribution >= 0.6 is 0 Å². The molecule has 0 atom stereocenters. The molecule has 1 amide bonds. The number of ether oxygens (including phenoxy) is 4. The summed E-state index contributed by atoms with van der Waals surface area (Å²) in [6.45, 7) is 6.39. The van der Waals surface area contributed by atoms with E-state index < -0.39 is 0 Å². The molecule has 8 heteroatoms. The molecular formula is C22H29N3O5+2. The Morgan fingerprint density at radius 2 is 1.67 bits per heavy atom. The zero-order valence-corrected chi connectivity index (χ0v) is 17.2. The largest absolute Gasteiger partial charge is 0.497 e. The summed E-state index contributed by atoms with van der Waals surface area (Å²) < 4.78 is 21.6. The van der Waals surface area contributed by atoms with Gasteiger partial charge in [0.15, 0.2) is 18.0 Å². The average molecular weight is 415 g/mol. The Hall–Kier alpha value is -2.97. The summed E-state index contributed by atoms with van der Waals surface area (Å²) >= 11 is 0. The summed E-state index contributed by atoms with van der Waals surface area (Å²) in [6, 6.07) is 13.1. The third kappa shape index (κ3) is 5.34. The van der Waals surface area contributed by atoms with Gasteiger partial charge < -0.3 is 34.1 Å². The fourth-order valence-electron chi connectivity index (χ4n) is 3.78. The molecule has 0 radical (unpaired) electrons. The van der Waals surface area contributed by atoms with Gasteiger partial charge in [0, 0.05) is 11.8 Å². The minimum absolute atomic E-state index is 0.0233. The monoisotopic (exact) mass is 415 g/mol. The van der Waals surface area contributed by atoms with Crippen LogP contribution in [0.15, 0.2) is 42.5 Å². The number of carbonyl (C=O) groups excluding carboxylic acids is 1. The number of rotatable bonds is 8. The van der Waals surface area contributed by atoms with Gasteiger partial charge in [-0.05, 0) is 36.4 Å². The quantitative estimate of drug-likeness (QED) is 0.528. The van der Waals surface area contributed by atoms with Crippen molar-refractivity contribution in [2.75, 3.05) is 65.1 Å². The molecule has 2 aliphatic heterocycles. The molecule has 0 aliphatic carbocycles. The number of fused-ring (bicyclic) bond motifs is 1. The van der Waals surface area contributed by atoms with Gasteiger partial charge in [-0.15, -0.1) is 0 Å². The average Bonchev–Trinajstić information content (AvgIpc) is 3.23. The van der Waals surface area contributed by atoms with Crippen molar-refractivity contribution in [2.45, 2.75) is 0 Å². The number of hydrogen-bond donors (Lipinski definition) is 3. The molecule has 0 bridgehead atoms. The highest BCUT2D eigenvalue weighted by Crippen LogP contribution is 2.34. The first-order valence-corrected chi connectivity index (χ1v) is 10.3. The fraction of sp³-hybridized carbons (Fsp3) is 0.409. The number of anilines is 1. The SMILES string of the molecule is COc1ccc(OCC[NH+]2CC[NH+](CC(=O)Nc3ccc4c(c3)OCO4)CC2)cc1. The standard InChI is InChI=1S/C22H27N3O5/c1-27-18-3-5-19(6-4-18)28-13-12-24-8-10-25(11-9-24)15-22(26)23-17-2-7-20-21(14-17)30-16-29-20/h2-7,14H,8-13,15-16H2,1H3,(H,23,26)/p+2. The van der Waals surface area contributed by atoms with E-state index in [2.05, 4.69) is 5.32 Å². The van der Waals surface area contributed by atoms with E-state index in [0.717, 1.165) is 49.9 Å². The van der Waals surface area contributed by atoms with Gasteiger partial charge in [0.1, 0.15) is 50.8 Å². The lowest BCUT2D eigenvalue weighted by Crippen LogP contribution is -3.28. The third-order valence-corrected chi connectivity index (χ3v) is 5.51. The van der Waals surface area contributed by atoms with Gasteiger partial charge in [0.25, 0.3) is 5.91 Å². The lowest BCUT2D eigenvalue weighted by molar-refractivity contribution is -1.01. The van der Waals surface area contributed by atoms with Crippen LogP contribution < -0.4 is 34.1 Å². The van der Waals surface area contributed by atoms with Crippen molar-refractivity contribution in [1.29, 1.82) is 0 Å². The van der Waals surface area contributed by atoms with Crippen LogP contribution in [-0.4, -0.2) is 65.7 Å². The van der Waals surface area contributed by atoms with Crippen LogP contribution in [0.1, 0.15) is 0 Å². The molecule has 0 aromatic heterocycles. The van der Waals surface area contributed by atoms with Crippen LogP contribution in [0.25, 0.3) is 0 Å². The van der Waals surface area contributed by atoms with Gasteiger partial charge in [-0.25, -0.2) is 0 Å². The number of quaternary nitrogens is 2. The number of methoxy groups -OCH3 is 1. The Labute approximate surface area is 176 Å². The maximum atomic E-state index is 12.4. The number of hydrogen-bond acceptors (Lipinski definition) is 5. The molecule has 0 unspecified atom stereocenters. The first-order chi connectivity index (χ1) is 14.7. The number of nitrogens with one attached hydrogen (secondary N) is 3. The van der Waals surface area contributed by atoms with Crippen LogP contribution in [0.5, 0.6) is 23.0 Å². The summed E-state index contributed by atoms with van der Waals surface area (Å²) in [4.78, 5) is 15.2. The lowest BCUT2D eigenvalue weighted by atomic mass is 10.2. The Bertz CT molecular complexity index is 850. The minimum Gasteiger partial charge on any atom is -0.497 e. The van der Waals surface area contributed by atoms with Gasteiger partial charge in [-0.1, -0.05) is 0 Å². The van der Waals surface area contributed by atoms with Crippen molar-refractivity contribution in [3.8, 4) is 23.0 Å².